The Hall–Kier alpha value is -2.80. The third-order valence-corrected chi connectivity index (χ3v) is 4.18. The van der Waals surface area contributed by atoms with Crippen molar-refractivity contribution in [3.8, 4) is 5.97 Å². The number of halogens is 3. The van der Waals surface area contributed by atoms with Crippen molar-refractivity contribution in [1.82, 2.24) is 4.98 Å². The second-order valence-electron chi connectivity index (χ2n) is 6.26. The number of hydrogen-bond donors (Lipinski definition) is 1. The van der Waals surface area contributed by atoms with Crippen LogP contribution in [-0.2, 0) is 12.7 Å². The predicted molar refractivity (Wildman–Crippen MR) is 118 cm³/mol. The van der Waals surface area contributed by atoms with E-state index in [0.717, 1.165) is 17.7 Å². The van der Waals surface area contributed by atoms with Crippen LogP contribution in [0.5, 0.6) is 0 Å². The number of carbonyl (C=O) groups excluding carboxylic acids is 1. The topological polar surface area (TPSA) is 69.0 Å². The second-order valence-corrected chi connectivity index (χ2v) is 6.26. The van der Waals surface area contributed by atoms with Crippen molar-refractivity contribution in [2.24, 2.45) is 0 Å². The van der Waals surface area contributed by atoms with E-state index < -0.39 is 17.6 Å². The van der Waals surface area contributed by atoms with Gasteiger partial charge in [0.15, 0.2) is 0 Å². The smallest absolute Gasteiger partial charge is 0.370 e. The molecule has 3 aromatic rings. The van der Waals surface area contributed by atoms with Crippen molar-refractivity contribution in [2.45, 2.75) is 12.7 Å². The van der Waals surface area contributed by atoms with Gasteiger partial charge in [-0.2, -0.15) is 19.1 Å². The number of para-hydroxylation sites is 1. The van der Waals surface area contributed by atoms with Gasteiger partial charge in [0, 0.05) is 37.4 Å². The Labute approximate surface area is 208 Å². The van der Waals surface area contributed by atoms with Gasteiger partial charge in [0.05, 0.1) is 19.0 Å². The Morgan fingerprint density at radius 1 is 1.12 bits per heavy atom. The molecular formula is C22H21BF3N4NaO. The molecule has 0 fully saturated rings. The van der Waals surface area contributed by atoms with E-state index in [1.807, 2.05) is 30.0 Å². The first-order valence-electron chi connectivity index (χ1n) is 8.74. The number of nitrogens with one attached hydrogen (secondary N) is 1. The number of anilines is 2. The summed E-state index contributed by atoms with van der Waals surface area (Å²) in [6.45, 7) is 0.552. The second kappa shape index (κ2) is 12.9. The standard InChI is InChI=1S/C21H18F3N3O.CH3BN.Na/c1-27(14-15-9-11-25-12-10-15)19-8-3-2-7-18(19)20(28)26-17-6-4-5-16(13-17)21(22,23)24;2-1-3;/h2-13H,14H2,1H3,(H,26,28);2H3;/q;-1;+1. The van der Waals surface area contributed by atoms with E-state index in [9.17, 15) is 18.0 Å². The number of carbonyl (C=O) groups is 1. The fraction of sp³-hybridized carbons (Fsp3) is 0.136. The number of hydrogen-bond acceptors (Lipinski definition) is 4. The van der Waals surface area contributed by atoms with Gasteiger partial charge in [-0.25, -0.2) is 0 Å². The van der Waals surface area contributed by atoms with Crippen molar-refractivity contribution >= 4 is 25.1 Å². The molecule has 10 heteroatoms. The van der Waals surface area contributed by atoms with Crippen LogP contribution in [0, 0.1) is 11.2 Å². The van der Waals surface area contributed by atoms with E-state index in [2.05, 4.69) is 10.3 Å². The molecule has 160 valence electrons. The largest absolute Gasteiger partial charge is 1.00 e. The first kappa shape index (κ1) is 27.2. The summed E-state index contributed by atoms with van der Waals surface area (Å²) in [7, 11) is 1.91. The van der Waals surface area contributed by atoms with Crippen molar-refractivity contribution in [2.75, 3.05) is 17.3 Å². The van der Waals surface area contributed by atoms with Gasteiger partial charge >= 0.3 is 35.7 Å². The molecule has 2 aromatic carbocycles. The van der Waals surface area contributed by atoms with Crippen LogP contribution in [0.2, 0.25) is 0 Å². The summed E-state index contributed by atoms with van der Waals surface area (Å²) in [5.74, 6) is 1.52. The van der Waals surface area contributed by atoms with Crippen LogP contribution in [0.15, 0.2) is 73.1 Å². The Morgan fingerprint density at radius 2 is 1.75 bits per heavy atom. The van der Waals surface area contributed by atoms with E-state index in [-0.39, 0.29) is 43.1 Å². The molecule has 32 heavy (non-hydrogen) atoms. The Bertz CT molecular complexity index is 1060. The number of amides is 1. The molecule has 0 spiro atoms. The van der Waals surface area contributed by atoms with E-state index in [0.29, 0.717) is 17.8 Å². The molecule has 0 aliphatic rings. The van der Waals surface area contributed by atoms with E-state index >= 15 is 0 Å². The Balaban J connectivity index is 0.00000121. The minimum absolute atomic E-state index is 0. The maximum absolute atomic E-state index is 12.9. The predicted octanol–water partition coefficient (Wildman–Crippen LogP) is 0.826. The molecule has 1 amide bonds. The summed E-state index contributed by atoms with van der Waals surface area (Å²) < 4.78 is 38.6. The molecule has 1 N–H and O–H groups in total. The maximum Gasteiger partial charge on any atom is 1.00 e. The number of nitrogens with zero attached hydrogens (tertiary/aromatic N) is 3. The van der Waals surface area contributed by atoms with Crippen LogP contribution >= 0.6 is 0 Å². The van der Waals surface area contributed by atoms with Gasteiger partial charge in [-0.3, -0.25) is 15.0 Å². The van der Waals surface area contributed by atoms with Gasteiger partial charge in [0.1, 0.15) is 0 Å². The molecule has 0 saturated carbocycles. The summed E-state index contributed by atoms with van der Waals surface area (Å²) >= 11 is 0. The number of aromatic nitrogens is 1. The summed E-state index contributed by atoms with van der Waals surface area (Å²) in [4.78, 5) is 18.6. The van der Waals surface area contributed by atoms with Crippen molar-refractivity contribution in [3.05, 3.63) is 89.7 Å². The number of nitriles is 1. The summed E-state index contributed by atoms with van der Waals surface area (Å²) in [5, 5.41) is 9.98. The van der Waals surface area contributed by atoms with E-state index in [1.54, 1.807) is 36.7 Å². The van der Waals surface area contributed by atoms with Crippen molar-refractivity contribution in [1.29, 1.82) is 5.26 Å². The Morgan fingerprint density at radius 3 is 2.38 bits per heavy atom. The molecule has 0 saturated heterocycles. The molecule has 1 heterocycles. The van der Waals surface area contributed by atoms with Gasteiger partial charge in [-0.15, -0.1) is 0 Å². The van der Waals surface area contributed by atoms with Crippen LogP contribution in [0.25, 0.3) is 0 Å². The van der Waals surface area contributed by atoms with E-state index in [1.165, 1.54) is 12.1 Å². The third-order valence-electron chi connectivity index (χ3n) is 4.18. The SMILES string of the molecule is CN(Cc1ccncc1)c1ccccc1C(=O)Nc1cccc(C(F)(F)F)c1.[BH3-]C#N.[Na+]. The molecule has 3 rings (SSSR count). The maximum atomic E-state index is 12.9. The summed E-state index contributed by atoms with van der Waals surface area (Å²) in [5.41, 5.74) is 1.34. The van der Waals surface area contributed by atoms with Crippen molar-refractivity contribution < 1.29 is 47.5 Å². The average Bonchev–Trinajstić information content (AvgIpc) is 2.74. The molecule has 0 bridgehead atoms. The van der Waals surface area contributed by atoms with Gasteiger partial charge in [-0.05, 0) is 48.0 Å². The van der Waals surface area contributed by atoms with Crippen LogP contribution in [-0.4, -0.2) is 25.8 Å². The van der Waals surface area contributed by atoms with Gasteiger partial charge in [0.25, 0.3) is 5.91 Å². The molecule has 1 aromatic heterocycles. The Kier molecular flexibility index (Phi) is 11.0. The monoisotopic (exact) mass is 448 g/mol. The first-order chi connectivity index (χ1) is 14.8. The first-order valence-corrected chi connectivity index (χ1v) is 8.74. The minimum atomic E-state index is -4.47. The number of rotatable bonds is 5. The molecule has 0 radical (unpaired) electrons. The number of pyridine rings is 1. The quantitative estimate of drug-likeness (QED) is 0.588. The van der Waals surface area contributed by atoms with Gasteiger partial charge in [0.2, 0.25) is 0 Å². The van der Waals surface area contributed by atoms with Gasteiger partial charge < -0.3 is 10.2 Å². The zero-order valence-corrected chi connectivity index (χ0v) is 19.0. The van der Waals surface area contributed by atoms with Crippen molar-refractivity contribution in [3.63, 3.8) is 0 Å². The van der Waals surface area contributed by atoms with Crippen LogP contribution < -0.4 is 39.8 Å². The minimum Gasteiger partial charge on any atom is -0.370 e. The average molecular weight is 448 g/mol. The molecular weight excluding hydrogens is 427 g/mol. The van der Waals surface area contributed by atoms with Gasteiger partial charge in [-0.1, -0.05) is 18.2 Å². The fourth-order valence-corrected chi connectivity index (χ4v) is 2.82. The van der Waals surface area contributed by atoms with Crippen LogP contribution in [0.3, 0.4) is 0 Å². The summed E-state index contributed by atoms with van der Waals surface area (Å²) in [6.07, 6.45) is -1.09. The molecule has 0 aliphatic heterocycles. The molecule has 0 atom stereocenters. The van der Waals surface area contributed by atoms with Crippen LogP contribution in [0.1, 0.15) is 21.5 Å². The zero-order chi connectivity index (χ0) is 22.9. The third kappa shape index (κ3) is 8.04. The summed E-state index contributed by atoms with van der Waals surface area (Å²) in [6, 6.07) is 15.3. The molecule has 0 aliphatic carbocycles. The number of alkyl halides is 3. The zero-order valence-electron chi connectivity index (χ0n) is 17.0. The van der Waals surface area contributed by atoms with Crippen LogP contribution in [0.4, 0.5) is 24.5 Å². The normalized spacial score (nSPS) is 10.0. The fourth-order valence-electron chi connectivity index (χ4n) is 2.82. The molecule has 5 nitrogen and oxygen atoms in total. The number of benzene rings is 2. The molecule has 0 unspecified atom stereocenters. The van der Waals surface area contributed by atoms with E-state index in [4.69, 9.17) is 5.26 Å².